The zero-order chi connectivity index (χ0) is 34.3. The summed E-state index contributed by atoms with van der Waals surface area (Å²) in [4.78, 5) is 54.7. The van der Waals surface area contributed by atoms with E-state index in [1.807, 2.05) is 0 Å². The molecule has 3 aromatic carbocycles. The van der Waals surface area contributed by atoms with E-state index in [4.69, 9.17) is 32.7 Å². The van der Waals surface area contributed by atoms with Crippen LogP contribution in [0.5, 0.6) is 17.2 Å². The summed E-state index contributed by atoms with van der Waals surface area (Å²) in [5.41, 5.74) is 1.76. The van der Waals surface area contributed by atoms with Gasteiger partial charge in [-0.15, -0.1) is 23.2 Å². The smallest absolute Gasteiger partial charge is 0.258 e. The van der Waals surface area contributed by atoms with Crippen molar-refractivity contribution in [3.8, 4) is 17.2 Å². The number of hydrogen-bond acceptors (Lipinski definition) is 7. The summed E-state index contributed by atoms with van der Waals surface area (Å²) in [6.45, 7) is 3.75. The maximum Gasteiger partial charge on any atom is 0.258 e. The van der Waals surface area contributed by atoms with E-state index < -0.39 is 62.9 Å². The molecule has 2 saturated heterocycles. The van der Waals surface area contributed by atoms with Gasteiger partial charge in [0.1, 0.15) is 23.1 Å². The molecule has 3 aromatic rings. The number of methoxy groups -OCH3 is 2. The molecule has 2 aliphatic carbocycles. The molecule has 0 bridgehead atoms. The van der Waals surface area contributed by atoms with Crippen molar-refractivity contribution in [3.05, 3.63) is 95.8 Å². The lowest BCUT2D eigenvalue weighted by molar-refractivity contribution is -0.125. The molecule has 48 heavy (non-hydrogen) atoms. The summed E-state index contributed by atoms with van der Waals surface area (Å²) in [7, 11) is 2.76. The van der Waals surface area contributed by atoms with Gasteiger partial charge in [-0.1, -0.05) is 36.4 Å². The Morgan fingerprint density at radius 3 is 2.17 bits per heavy atom. The van der Waals surface area contributed by atoms with E-state index in [2.05, 4.69) is 6.58 Å². The second-order valence-corrected chi connectivity index (χ2v) is 13.6. The molecule has 3 fully saturated rings. The van der Waals surface area contributed by atoms with Gasteiger partial charge in [0.05, 0.1) is 37.4 Å². The van der Waals surface area contributed by atoms with Gasteiger partial charge in [0.15, 0.2) is 9.75 Å². The standard InChI is InChI=1S/C36H29Cl2FN2O7/c1-4-18-5-9-20(10-6-18)40-31(43)24-14-13-23-25(28(24)32(40)44)17-35(37)33(45)41(21-11-7-19(39)8-12-21)34(46)36(35,38)30(23)29-26(42)15-22(47-2)16-27(29)48-3/h4-13,15-16,24-25,28,30,42H,1,14,17H2,2-3H3/t24-,25+,28-,30+,35+,36-/m0/s1. The Morgan fingerprint density at radius 2 is 1.54 bits per heavy atom. The van der Waals surface area contributed by atoms with Crippen molar-refractivity contribution in [1.29, 1.82) is 0 Å². The van der Waals surface area contributed by atoms with Crippen molar-refractivity contribution >= 4 is 64.3 Å². The Morgan fingerprint density at radius 1 is 0.896 bits per heavy atom. The highest BCUT2D eigenvalue weighted by molar-refractivity contribution is 6.58. The molecule has 0 unspecified atom stereocenters. The fraction of sp³-hybridized carbons (Fsp3) is 0.278. The van der Waals surface area contributed by atoms with Gasteiger partial charge in [-0.05, 0) is 60.7 Å². The number of allylic oxidation sites excluding steroid dienone is 2. The number of phenolic OH excluding ortho intramolecular Hbond substituents is 1. The second-order valence-electron chi connectivity index (χ2n) is 12.3. The predicted molar refractivity (Wildman–Crippen MR) is 177 cm³/mol. The molecule has 2 heterocycles. The van der Waals surface area contributed by atoms with E-state index in [1.165, 1.54) is 38.5 Å². The molecule has 9 nitrogen and oxygen atoms in total. The molecule has 12 heteroatoms. The highest BCUT2D eigenvalue weighted by atomic mass is 35.5. The molecule has 246 valence electrons. The van der Waals surface area contributed by atoms with E-state index in [9.17, 15) is 28.7 Å². The summed E-state index contributed by atoms with van der Waals surface area (Å²) >= 11 is 14.8. The second kappa shape index (κ2) is 11.2. The number of imide groups is 2. The Labute approximate surface area is 285 Å². The monoisotopic (exact) mass is 690 g/mol. The molecule has 1 N–H and O–H groups in total. The van der Waals surface area contributed by atoms with Gasteiger partial charge in [0, 0.05) is 23.6 Å². The van der Waals surface area contributed by atoms with Gasteiger partial charge < -0.3 is 14.6 Å². The fourth-order valence-corrected chi connectivity index (χ4v) is 8.81. The molecule has 4 amide bonds. The quantitative estimate of drug-likeness (QED) is 0.193. The van der Waals surface area contributed by atoms with Gasteiger partial charge in [-0.3, -0.25) is 24.1 Å². The predicted octanol–water partition coefficient (Wildman–Crippen LogP) is 5.96. The SMILES string of the molecule is C=Cc1ccc(N2C(=O)[C@H]3[C@H](CC=C4[C@H]3C[C@@]3(Cl)C(=O)N(c5ccc(F)cc5)C(=O)[C@@]3(Cl)[C@H]4c3c(O)cc(OC)cc3OC)C2=O)cc1. The first-order valence-corrected chi connectivity index (χ1v) is 15.9. The van der Waals surface area contributed by atoms with Crippen LogP contribution in [0, 0.1) is 23.6 Å². The average molecular weight is 692 g/mol. The third-order valence-corrected chi connectivity index (χ3v) is 11.5. The number of fused-ring (bicyclic) bond motifs is 4. The number of anilines is 2. The molecule has 4 aliphatic rings. The van der Waals surface area contributed by atoms with Gasteiger partial charge >= 0.3 is 0 Å². The van der Waals surface area contributed by atoms with Gasteiger partial charge in [-0.25, -0.2) is 9.29 Å². The number of rotatable bonds is 6. The molecular weight excluding hydrogens is 662 g/mol. The van der Waals surface area contributed by atoms with E-state index in [0.29, 0.717) is 11.3 Å². The number of amides is 4. The van der Waals surface area contributed by atoms with E-state index in [-0.39, 0.29) is 41.3 Å². The van der Waals surface area contributed by atoms with E-state index in [1.54, 1.807) is 36.4 Å². The number of alkyl halides is 2. The van der Waals surface area contributed by atoms with Crippen LogP contribution in [0.4, 0.5) is 15.8 Å². The highest BCUT2D eigenvalue weighted by Crippen LogP contribution is 2.67. The first kappa shape index (κ1) is 31.9. The third-order valence-electron chi connectivity index (χ3n) is 10.1. The topological polar surface area (TPSA) is 113 Å². The lowest BCUT2D eigenvalue weighted by Crippen LogP contribution is -2.60. The Kier molecular flexibility index (Phi) is 7.45. The first-order valence-electron chi connectivity index (χ1n) is 15.2. The number of benzene rings is 3. The number of hydrogen-bond donors (Lipinski definition) is 1. The summed E-state index contributed by atoms with van der Waals surface area (Å²) in [5.74, 6) is -7.12. The number of aromatic hydroxyl groups is 1. The van der Waals surface area contributed by atoms with Crippen LogP contribution in [0.25, 0.3) is 6.08 Å². The molecule has 0 aromatic heterocycles. The van der Waals surface area contributed by atoms with Crippen molar-refractivity contribution in [2.75, 3.05) is 24.0 Å². The maximum atomic E-state index is 14.6. The zero-order valence-electron chi connectivity index (χ0n) is 25.8. The number of halogens is 3. The molecule has 2 aliphatic heterocycles. The van der Waals surface area contributed by atoms with Gasteiger partial charge in [-0.2, -0.15) is 0 Å². The molecule has 0 spiro atoms. The summed E-state index contributed by atoms with van der Waals surface area (Å²) in [6, 6.07) is 14.4. The maximum absolute atomic E-state index is 14.6. The lowest BCUT2D eigenvalue weighted by atomic mass is 9.56. The molecule has 0 radical (unpaired) electrons. The summed E-state index contributed by atoms with van der Waals surface area (Å²) in [6.07, 6.45) is 3.26. The van der Waals surface area contributed by atoms with Crippen molar-refractivity contribution in [2.24, 2.45) is 17.8 Å². The van der Waals surface area contributed by atoms with Crippen LogP contribution in [0.15, 0.2) is 78.9 Å². The fourth-order valence-electron chi connectivity index (χ4n) is 7.89. The third kappa shape index (κ3) is 4.21. The number of phenols is 1. The number of nitrogens with zero attached hydrogens (tertiary/aromatic N) is 2. The van der Waals surface area contributed by atoms with Crippen LogP contribution in [0.1, 0.15) is 29.9 Å². The number of carbonyl (C=O) groups is 4. The molecular formula is C36H29Cl2FN2O7. The van der Waals surface area contributed by atoms with Crippen LogP contribution in [-0.4, -0.2) is 52.7 Å². The molecule has 1 saturated carbocycles. The van der Waals surface area contributed by atoms with Gasteiger partial charge in [0.2, 0.25) is 11.8 Å². The minimum Gasteiger partial charge on any atom is -0.507 e. The minimum atomic E-state index is -2.25. The normalized spacial score (nSPS) is 29.3. The first-order chi connectivity index (χ1) is 22.9. The van der Waals surface area contributed by atoms with Crippen molar-refractivity contribution in [2.45, 2.75) is 28.5 Å². The van der Waals surface area contributed by atoms with Crippen molar-refractivity contribution in [3.63, 3.8) is 0 Å². The Balaban J connectivity index is 1.43. The Bertz CT molecular complexity index is 1950. The van der Waals surface area contributed by atoms with Crippen LogP contribution >= 0.6 is 23.2 Å². The van der Waals surface area contributed by atoms with Crippen molar-refractivity contribution in [1.82, 2.24) is 0 Å². The van der Waals surface area contributed by atoms with Crippen LogP contribution < -0.4 is 19.3 Å². The minimum absolute atomic E-state index is 0.0432. The molecule has 7 rings (SSSR count). The van der Waals surface area contributed by atoms with Crippen molar-refractivity contribution < 1.29 is 38.1 Å². The number of carbonyl (C=O) groups excluding carboxylic acids is 4. The zero-order valence-corrected chi connectivity index (χ0v) is 27.3. The average Bonchev–Trinajstić information content (AvgIpc) is 3.42. The van der Waals surface area contributed by atoms with Crippen LogP contribution in [-0.2, 0) is 19.2 Å². The van der Waals surface area contributed by atoms with Crippen LogP contribution in [0.3, 0.4) is 0 Å². The number of ether oxygens (including phenoxy) is 2. The van der Waals surface area contributed by atoms with Gasteiger partial charge in [0.25, 0.3) is 11.8 Å². The van der Waals surface area contributed by atoms with E-state index in [0.717, 1.165) is 27.5 Å². The van der Waals surface area contributed by atoms with Crippen LogP contribution in [0.2, 0.25) is 0 Å². The largest absolute Gasteiger partial charge is 0.507 e. The highest BCUT2D eigenvalue weighted by Gasteiger charge is 2.77. The summed E-state index contributed by atoms with van der Waals surface area (Å²) < 4.78 is 24.9. The Hall–Kier alpha value is -4.67. The summed E-state index contributed by atoms with van der Waals surface area (Å²) in [5, 5.41) is 11.5. The van der Waals surface area contributed by atoms with E-state index >= 15 is 0 Å². The molecule has 6 atom stereocenters. The lowest BCUT2D eigenvalue weighted by Gasteiger charge is -2.50.